The number of aliphatic imine (C=N–C) groups is 1. The van der Waals surface area contributed by atoms with Crippen molar-refractivity contribution in [2.24, 2.45) is 4.99 Å². The van der Waals surface area contributed by atoms with Crippen molar-refractivity contribution in [1.29, 1.82) is 0 Å². The molecule has 1 saturated carbocycles. The Bertz CT molecular complexity index is 744. The van der Waals surface area contributed by atoms with Gasteiger partial charge >= 0.3 is 0 Å². The number of H-pyrrole nitrogens is 1. The van der Waals surface area contributed by atoms with Crippen LogP contribution in [0.5, 0.6) is 5.75 Å². The normalized spacial score (nSPS) is 14.9. The van der Waals surface area contributed by atoms with Crippen molar-refractivity contribution >= 4 is 35.6 Å². The predicted octanol–water partition coefficient (Wildman–Crippen LogP) is 5.11. The van der Waals surface area contributed by atoms with Crippen molar-refractivity contribution in [2.75, 3.05) is 18.5 Å². The number of benzene rings is 1. The molecule has 0 radical (unpaired) electrons. The smallest absolute Gasteiger partial charge is 0.196 e. The highest BCUT2D eigenvalue weighted by molar-refractivity contribution is 14.0. The first kappa shape index (κ1) is 25.5. The SMILES string of the molecule is CC(C)Oc1ccc(NC(=NCc2ccn[nH]2)NCCCOC2CCCCC2)cc1.I. The van der Waals surface area contributed by atoms with E-state index < -0.39 is 0 Å². The third-order valence-electron chi connectivity index (χ3n) is 4.97. The number of aromatic nitrogens is 2. The van der Waals surface area contributed by atoms with Gasteiger partial charge in [-0.1, -0.05) is 19.3 Å². The largest absolute Gasteiger partial charge is 0.491 e. The number of halogens is 1. The van der Waals surface area contributed by atoms with Crippen molar-refractivity contribution in [3.05, 3.63) is 42.2 Å². The zero-order chi connectivity index (χ0) is 21.0. The molecular formula is C23H36IN5O2. The number of ether oxygens (including phenoxy) is 2. The highest BCUT2D eigenvalue weighted by Gasteiger charge is 2.13. The van der Waals surface area contributed by atoms with Crippen LogP contribution in [0.3, 0.4) is 0 Å². The third-order valence-corrected chi connectivity index (χ3v) is 4.97. The monoisotopic (exact) mass is 541 g/mol. The van der Waals surface area contributed by atoms with Crippen LogP contribution in [0.4, 0.5) is 5.69 Å². The Kier molecular flexibility index (Phi) is 11.7. The first-order chi connectivity index (χ1) is 14.7. The maximum absolute atomic E-state index is 6.02. The molecule has 31 heavy (non-hydrogen) atoms. The van der Waals surface area contributed by atoms with E-state index in [2.05, 4.69) is 25.8 Å². The molecule has 1 fully saturated rings. The van der Waals surface area contributed by atoms with Gasteiger partial charge in [0.05, 0.1) is 24.4 Å². The van der Waals surface area contributed by atoms with E-state index in [4.69, 9.17) is 9.47 Å². The lowest BCUT2D eigenvalue weighted by atomic mass is 9.98. The van der Waals surface area contributed by atoms with Gasteiger partial charge in [0.15, 0.2) is 5.96 Å². The Morgan fingerprint density at radius 2 is 1.94 bits per heavy atom. The Balaban J connectivity index is 0.00000341. The summed E-state index contributed by atoms with van der Waals surface area (Å²) in [7, 11) is 0. The number of aromatic amines is 1. The minimum absolute atomic E-state index is 0. The Morgan fingerprint density at radius 1 is 1.16 bits per heavy atom. The second-order valence-corrected chi connectivity index (χ2v) is 7.97. The van der Waals surface area contributed by atoms with Gasteiger partial charge in [-0.2, -0.15) is 5.10 Å². The zero-order valence-corrected chi connectivity index (χ0v) is 20.9. The molecule has 0 aliphatic heterocycles. The van der Waals surface area contributed by atoms with E-state index in [1.807, 2.05) is 44.2 Å². The molecule has 0 unspecified atom stereocenters. The summed E-state index contributed by atoms with van der Waals surface area (Å²) in [5.41, 5.74) is 1.93. The fraction of sp³-hybridized carbons (Fsp3) is 0.565. The summed E-state index contributed by atoms with van der Waals surface area (Å²) in [4.78, 5) is 4.67. The van der Waals surface area contributed by atoms with Crippen molar-refractivity contribution in [2.45, 2.75) is 71.1 Å². The van der Waals surface area contributed by atoms with E-state index in [-0.39, 0.29) is 30.1 Å². The standard InChI is InChI=1S/C23H35N5O2.HI/c1-18(2)30-22-11-9-19(10-12-22)27-23(25-17-20-13-15-26-28-20)24-14-6-16-29-21-7-4-3-5-8-21;/h9-13,15,18,21H,3-8,14,16-17H2,1-2H3,(H,26,28)(H2,24,25,27);1H. The lowest BCUT2D eigenvalue weighted by molar-refractivity contribution is 0.0277. The molecule has 1 aliphatic carbocycles. The number of rotatable bonds is 10. The minimum Gasteiger partial charge on any atom is -0.491 e. The minimum atomic E-state index is 0. The molecule has 7 nitrogen and oxygen atoms in total. The number of anilines is 1. The summed E-state index contributed by atoms with van der Waals surface area (Å²) in [6, 6.07) is 9.85. The molecule has 1 aliphatic rings. The molecule has 0 amide bonds. The summed E-state index contributed by atoms with van der Waals surface area (Å²) in [6.07, 6.45) is 9.68. The van der Waals surface area contributed by atoms with Crippen molar-refractivity contribution in [3.63, 3.8) is 0 Å². The van der Waals surface area contributed by atoms with Gasteiger partial charge in [0, 0.05) is 25.0 Å². The summed E-state index contributed by atoms with van der Waals surface area (Å²) in [5, 5.41) is 13.7. The fourth-order valence-electron chi connectivity index (χ4n) is 3.46. The van der Waals surface area contributed by atoms with Gasteiger partial charge in [0.25, 0.3) is 0 Å². The third kappa shape index (κ3) is 9.90. The Morgan fingerprint density at radius 3 is 2.61 bits per heavy atom. The van der Waals surface area contributed by atoms with Crippen LogP contribution < -0.4 is 15.4 Å². The van der Waals surface area contributed by atoms with E-state index in [9.17, 15) is 0 Å². The summed E-state index contributed by atoms with van der Waals surface area (Å²) in [6.45, 7) is 6.16. The molecule has 2 aromatic rings. The Hall–Kier alpha value is -1.81. The van der Waals surface area contributed by atoms with Gasteiger partial charge in [-0.05, 0) is 63.4 Å². The zero-order valence-electron chi connectivity index (χ0n) is 18.6. The van der Waals surface area contributed by atoms with Crippen LogP contribution in [-0.4, -0.2) is 41.5 Å². The number of hydrogen-bond acceptors (Lipinski definition) is 4. The van der Waals surface area contributed by atoms with Gasteiger partial charge in [-0.25, -0.2) is 4.99 Å². The number of nitrogens with zero attached hydrogens (tertiary/aromatic N) is 2. The molecule has 8 heteroatoms. The average molecular weight is 541 g/mol. The predicted molar refractivity (Wildman–Crippen MR) is 136 cm³/mol. The van der Waals surface area contributed by atoms with Gasteiger partial charge in [0.1, 0.15) is 5.75 Å². The van der Waals surface area contributed by atoms with Crippen molar-refractivity contribution < 1.29 is 9.47 Å². The van der Waals surface area contributed by atoms with Crippen LogP contribution >= 0.6 is 24.0 Å². The van der Waals surface area contributed by atoms with Crippen LogP contribution in [0.15, 0.2) is 41.5 Å². The van der Waals surface area contributed by atoms with Crippen molar-refractivity contribution in [1.82, 2.24) is 15.5 Å². The van der Waals surface area contributed by atoms with Crippen LogP contribution in [0.1, 0.15) is 58.1 Å². The van der Waals surface area contributed by atoms with Gasteiger partial charge < -0.3 is 20.1 Å². The number of guanidine groups is 1. The first-order valence-electron chi connectivity index (χ1n) is 11.1. The molecule has 3 N–H and O–H groups in total. The molecule has 1 aromatic carbocycles. The van der Waals surface area contributed by atoms with Crippen molar-refractivity contribution in [3.8, 4) is 5.75 Å². The van der Waals surface area contributed by atoms with E-state index in [1.54, 1.807) is 6.20 Å². The van der Waals surface area contributed by atoms with Gasteiger partial charge in [-0.3, -0.25) is 5.10 Å². The molecule has 3 rings (SSSR count). The molecule has 0 saturated heterocycles. The second-order valence-electron chi connectivity index (χ2n) is 7.97. The lowest BCUT2D eigenvalue weighted by Crippen LogP contribution is -2.32. The fourth-order valence-corrected chi connectivity index (χ4v) is 3.46. The average Bonchev–Trinajstić information content (AvgIpc) is 3.27. The molecule has 0 spiro atoms. The van der Waals surface area contributed by atoms with E-state index in [0.29, 0.717) is 12.6 Å². The molecular weight excluding hydrogens is 505 g/mol. The molecule has 0 bridgehead atoms. The maximum atomic E-state index is 6.02. The quantitative estimate of drug-likeness (QED) is 0.169. The molecule has 172 valence electrons. The number of nitrogens with one attached hydrogen (secondary N) is 3. The van der Waals surface area contributed by atoms with Gasteiger partial charge in [0.2, 0.25) is 0 Å². The molecule has 1 aromatic heterocycles. The maximum Gasteiger partial charge on any atom is 0.196 e. The van der Waals surface area contributed by atoms with Crippen LogP contribution in [0, 0.1) is 0 Å². The summed E-state index contributed by atoms with van der Waals surface area (Å²) in [5.74, 6) is 1.60. The van der Waals surface area contributed by atoms with Crippen LogP contribution in [0.2, 0.25) is 0 Å². The summed E-state index contributed by atoms with van der Waals surface area (Å²) >= 11 is 0. The van der Waals surface area contributed by atoms with Crippen LogP contribution in [-0.2, 0) is 11.3 Å². The van der Waals surface area contributed by atoms with Crippen LogP contribution in [0.25, 0.3) is 0 Å². The van der Waals surface area contributed by atoms with Gasteiger partial charge in [-0.15, -0.1) is 24.0 Å². The Labute approximate surface area is 202 Å². The van der Waals surface area contributed by atoms with E-state index in [1.165, 1.54) is 32.1 Å². The highest BCUT2D eigenvalue weighted by atomic mass is 127. The first-order valence-corrected chi connectivity index (χ1v) is 11.1. The summed E-state index contributed by atoms with van der Waals surface area (Å²) < 4.78 is 11.7. The lowest BCUT2D eigenvalue weighted by Gasteiger charge is -2.22. The highest BCUT2D eigenvalue weighted by Crippen LogP contribution is 2.20. The molecule has 0 atom stereocenters. The van der Waals surface area contributed by atoms with E-state index in [0.717, 1.165) is 42.7 Å². The molecule has 1 heterocycles. The van der Waals surface area contributed by atoms with E-state index >= 15 is 0 Å². The topological polar surface area (TPSA) is 83.6 Å². The second kappa shape index (κ2) is 14.3. The number of hydrogen-bond donors (Lipinski definition) is 3.